The van der Waals surface area contributed by atoms with Crippen LogP contribution in [0, 0.1) is 17.8 Å². The van der Waals surface area contributed by atoms with Gasteiger partial charge in [-0.1, -0.05) is 79.1 Å². The minimum Gasteiger partial charge on any atom is -0.481 e. The molecule has 2 nitrogen and oxygen atoms in total. The summed E-state index contributed by atoms with van der Waals surface area (Å²) in [6.45, 7) is 15.0. The van der Waals surface area contributed by atoms with Gasteiger partial charge in [-0.15, -0.1) is 13.2 Å². The number of rotatable bonds is 13. The van der Waals surface area contributed by atoms with Gasteiger partial charge in [-0.2, -0.15) is 0 Å². The molecule has 0 spiro atoms. The topological polar surface area (TPSA) is 37.3 Å². The van der Waals surface area contributed by atoms with Crippen LogP contribution >= 0.6 is 0 Å². The second-order valence-corrected chi connectivity index (χ2v) is 6.63. The van der Waals surface area contributed by atoms with E-state index in [1.165, 1.54) is 38.5 Å². The maximum absolute atomic E-state index is 11.3. The Bertz CT molecular complexity index is 250. The lowest BCUT2D eigenvalue weighted by Crippen LogP contribution is -2.14. The van der Waals surface area contributed by atoms with Crippen molar-refractivity contribution in [2.24, 2.45) is 17.8 Å². The summed E-state index contributed by atoms with van der Waals surface area (Å²) in [6.07, 6.45) is 11.3. The first-order valence-corrected chi connectivity index (χ1v) is 9.23. The van der Waals surface area contributed by atoms with Gasteiger partial charge in [0.2, 0.25) is 0 Å². The highest BCUT2D eigenvalue weighted by molar-refractivity contribution is 5.69. The van der Waals surface area contributed by atoms with Crippen LogP contribution in [0.2, 0.25) is 0 Å². The molecule has 0 saturated heterocycles. The lowest BCUT2D eigenvalue weighted by atomic mass is 9.92. The molecule has 3 unspecified atom stereocenters. The maximum atomic E-state index is 11.3. The summed E-state index contributed by atoms with van der Waals surface area (Å²) < 4.78 is 0. The Morgan fingerprint density at radius 2 is 1.23 bits per heavy atom. The molecule has 0 aliphatic carbocycles. The van der Waals surface area contributed by atoms with Gasteiger partial charge in [0, 0.05) is 0 Å². The minimum absolute atomic E-state index is 0.109. The Morgan fingerprint density at radius 1 is 0.818 bits per heavy atom. The average molecular weight is 313 g/mol. The number of hydrogen-bond acceptors (Lipinski definition) is 1. The van der Waals surface area contributed by atoms with Crippen LogP contribution in [0.15, 0.2) is 13.2 Å². The van der Waals surface area contributed by atoms with Crippen molar-refractivity contribution >= 4 is 5.97 Å². The number of carboxylic acids is 1. The monoisotopic (exact) mass is 312 g/mol. The van der Waals surface area contributed by atoms with Gasteiger partial charge in [0.05, 0.1) is 5.92 Å². The van der Waals surface area contributed by atoms with Crippen molar-refractivity contribution in [2.75, 3.05) is 0 Å². The summed E-state index contributed by atoms with van der Waals surface area (Å²) in [4.78, 5) is 11.3. The number of hydrogen-bond donors (Lipinski definition) is 1. The van der Waals surface area contributed by atoms with Gasteiger partial charge in [-0.3, -0.25) is 4.79 Å². The van der Waals surface area contributed by atoms with Gasteiger partial charge >= 0.3 is 5.97 Å². The summed E-state index contributed by atoms with van der Waals surface area (Å²) >= 11 is 0. The zero-order valence-electron chi connectivity index (χ0n) is 15.6. The van der Waals surface area contributed by atoms with Crippen molar-refractivity contribution in [2.45, 2.75) is 91.9 Å². The fourth-order valence-electron chi connectivity index (χ4n) is 2.57. The van der Waals surface area contributed by atoms with E-state index in [9.17, 15) is 9.90 Å². The number of carboxylic acid groups (broad SMARTS) is 1. The Morgan fingerprint density at radius 3 is 1.68 bits per heavy atom. The van der Waals surface area contributed by atoms with Gasteiger partial charge in [0.25, 0.3) is 0 Å². The second kappa shape index (κ2) is 16.6. The molecule has 0 aromatic rings. The molecule has 22 heavy (non-hydrogen) atoms. The average Bonchev–Trinajstić information content (AvgIpc) is 2.53. The van der Waals surface area contributed by atoms with E-state index < -0.39 is 5.97 Å². The van der Waals surface area contributed by atoms with Crippen LogP contribution in [0.1, 0.15) is 91.9 Å². The SMILES string of the molecule is C=C.CCC(C)CCCCCC(CCCC(C)CC)C(=O)O. The third kappa shape index (κ3) is 14.2. The highest BCUT2D eigenvalue weighted by atomic mass is 16.4. The van der Waals surface area contributed by atoms with Crippen molar-refractivity contribution in [1.29, 1.82) is 0 Å². The van der Waals surface area contributed by atoms with Crippen molar-refractivity contribution < 1.29 is 9.90 Å². The standard InChI is InChI=1S/C18H36O2.C2H4/c1-5-15(3)11-8-7-9-13-17(18(19)20)14-10-12-16(4)6-2;1-2/h15-17H,5-14H2,1-4H3,(H,19,20);1-2H2. The van der Waals surface area contributed by atoms with Crippen LogP contribution < -0.4 is 0 Å². The first kappa shape index (κ1) is 23.5. The summed E-state index contributed by atoms with van der Waals surface area (Å²) in [5, 5.41) is 9.28. The molecule has 0 radical (unpaired) electrons. The van der Waals surface area contributed by atoms with Crippen LogP contribution in [0.3, 0.4) is 0 Å². The van der Waals surface area contributed by atoms with E-state index in [1.54, 1.807) is 0 Å². The van der Waals surface area contributed by atoms with E-state index in [-0.39, 0.29) is 5.92 Å². The fourth-order valence-corrected chi connectivity index (χ4v) is 2.57. The van der Waals surface area contributed by atoms with Gasteiger partial charge in [0.1, 0.15) is 0 Å². The predicted octanol–water partition coefficient (Wildman–Crippen LogP) is 6.70. The second-order valence-electron chi connectivity index (χ2n) is 6.63. The van der Waals surface area contributed by atoms with Crippen LogP contribution in [-0.2, 0) is 4.79 Å². The molecule has 1 N–H and O–H groups in total. The molecule has 0 aliphatic rings. The van der Waals surface area contributed by atoms with E-state index in [0.29, 0.717) is 0 Å². The first-order valence-electron chi connectivity index (χ1n) is 9.23. The molecule has 0 aromatic heterocycles. The molecule has 0 fully saturated rings. The summed E-state index contributed by atoms with van der Waals surface area (Å²) in [5.41, 5.74) is 0. The first-order chi connectivity index (χ1) is 10.5. The zero-order chi connectivity index (χ0) is 17.4. The highest BCUT2D eigenvalue weighted by Crippen LogP contribution is 2.21. The zero-order valence-corrected chi connectivity index (χ0v) is 15.6. The van der Waals surface area contributed by atoms with Gasteiger partial charge in [-0.05, 0) is 24.7 Å². The quantitative estimate of drug-likeness (QED) is 0.303. The van der Waals surface area contributed by atoms with E-state index in [2.05, 4.69) is 40.9 Å². The molecule has 0 amide bonds. The summed E-state index contributed by atoms with van der Waals surface area (Å²) in [5.74, 6) is 0.861. The molecular formula is C20H40O2. The Kier molecular flexibility index (Phi) is 17.7. The molecule has 3 atom stereocenters. The van der Waals surface area contributed by atoms with E-state index in [0.717, 1.165) is 37.5 Å². The van der Waals surface area contributed by atoms with Gasteiger partial charge in [-0.25, -0.2) is 0 Å². The molecule has 0 heterocycles. The molecule has 0 aromatic carbocycles. The fraction of sp³-hybridized carbons (Fsp3) is 0.850. The van der Waals surface area contributed by atoms with Crippen LogP contribution in [0.4, 0.5) is 0 Å². The van der Waals surface area contributed by atoms with Crippen LogP contribution in [0.5, 0.6) is 0 Å². The smallest absolute Gasteiger partial charge is 0.306 e. The van der Waals surface area contributed by atoms with Crippen LogP contribution in [-0.4, -0.2) is 11.1 Å². The van der Waals surface area contributed by atoms with Gasteiger partial charge < -0.3 is 5.11 Å². The van der Waals surface area contributed by atoms with Crippen molar-refractivity contribution in [1.82, 2.24) is 0 Å². The third-order valence-corrected chi connectivity index (χ3v) is 4.74. The minimum atomic E-state index is -0.587. The third-order valence-electron chi connectivity index (χ3n) is 4.74. The molecule has 0 saturated carbocycles. The Hall–Kier alpha value is -0.790. The molecule has 132 valence electrons. The van der Waals surface area contributed by atoms with E-state index in [4.69, 9.17) is 0 Å². The van der Waals surface area contributed by atoms with E-state index >= 15 is 0 Å². The normalized spacial score (nSPS) is 14.5. The summed E-state index contributed by atoms with van der Waals surface area (Å²) in [6, 6.07) is 0. The maximum Gasteiger partial charge on any atom is 0.306 e. The lowest BCUT2D eigenvalue weighted by molar-refractivity contribution is -0.142. The molecule has 0 bridgehead atoms. The molecular weight excluding hydrogens is 272 g/mol. The van der Waals surface area contributed by atoms with Crippen LogP contribution in [0.25, 0.3) is 0 Å². The largest absolute Gasteiger partial charge is 0.481 e. The van der Waals surface area contributed by atoms with Crippen molar-refractivity contribution in [3.63, 3.8) is 0 Å². The van der Waals surface area contributed by atoms with Gasteiger partial charge in [0.15, 0.2) is 0 Å². The summed E-state index contributed by atoms with van der Waals surface area (Å²) in [7, 11) is 0. The number of aliphatic carboxylic acids is 1. The molecule has 0 aliphatic heterocycles. The molecule has 2 heteroatoms. The molecule has 0 rings (SSSR count). The van der Waals surface area contributed by atoms with E-state index in [1.807, 2.05) is 0 Å². The number of carbonyl (C=O) groups is 1. The lowest BCUT2D eigenvalue weighted by Gasteiger charge is -2.14. The predicted molar refractivity (Wildman–Crippen MR) is 98.2 cm³/mol. The number of unbranched alkanes of at least 4 members (excludes halogenated alkanes) is 2. The highest BCUT2D eigenvalue weighted by Gasteiger charge is 2.16. The van der Waals surface area contributed by atoms with Crippen molar-refractivity contribution in [3.05, 3.63) is 13.2 Å². The Balaban J connectivity index is 0. The Labute approximate surface area is 139 Å². The van der Waals surface area contributed by atoms with Crippen molar-refractivity contribution in [3.8, 4) is 0 Å².